The van der Waals surface area contributed by atoms with Crippen LogP contribution >= 0.6 is 7.82 Å². The van der Waals surface area contributed by atoms with Gasteiger partial charge in [0.2, 0.25) is 5.91 Å². The highest BCUT2D eigenvalue weighted by Gasteiger charge is 2.28. The third-order valence-corrected chi connectivity index (χ3v) is 5.11. The Morgan fingerprint density at radius 3 is 2.56 bits per heavy atom. The minimum Gasteiger partial charge on any atom is -0.379 e. The lowest BCUT2D eigenvalue weighted by molar-refractivity contribution is -0.120. The number of ether oxygens (including phenoxy) is 1. The topological polar surface area (TPSA) is 109 Å². The number of phosphoric ester groups is 1. The van der Waals surface area contributed by atoms with Gasteiger partial charge in [-0.15, -0.1) is 6.58 Å². The van der Waals surface area contributed by atoms with Crippen molar-refractivity contribution in [2.45, 2.75) is 52.5 Å². The van der Waals surface area contributed by atoms with Gasteiger partial charge in [0.15, 0.2) is 0 Å². The van der Waals surface area contributed by atoms with Crippen molar-refractivity contribution >= 4 is 13.7 Å². The van der Waals surface area contributed by atoms with Crippen LogP contribution in [0.3, 0.4) is 0 Å². The molecule has 0 fully saturated rings. The summed E-state index contributed by atoms with van der Waals surface area (Å²) >= 11 is 0. The van der Waals surface area contributed by atoms with Gasteiger partial charge < -0.3 is 15.8 Å². The van der Waals surface area contributed by atoms with E-state index in [1.807, 2.05) is 0 Å². The maximum atomic E-state index is 12.5. The van der Waals surface area contributed by atoms with Gasteiger partial charge in [-0.05, 0) is 12.3 Å². The molecule has 0 aromatic rings. The fourth-order valence-corrected chi connectivity index (χ4v) is 3.43. The molecule has 160 valence electrons. The molecule has 0 bridgehead atoms. The number of hydrogen-bond acceptors (Lipinski definition) is 7. The van der Waals surface area contributed by atoms with E-state index in [-0.39, 0.29) is 38.9 Å². The van der Waals surface area contributed by atoms with Crippen LogP contribution in [0.5, 0.6) is 0 Å². The molecule has 3 N–H and O–H groups in total. The highest BCUT2D eigenvalue weighted by molar-refractivity contribution is 7.48. The van der Waals surface area contributed by atoms with Crippen LogP contribution < -0.4 is 11.1 Å². The van der Waals surface area contributed by atoms with Crippen molar-refractivity contribution in [2.75, 3.05) is 39.6 Å². The molecular formula is C18H37N2O6P. The van der Waals surface area contributed by atoms with Crippen molar-refractivity contribution in [1.82, 2.24) is 5.32 Å². The third kappa shape index (κ3) is 14.9. The molecule has 0 rings (SSSR count). The van der Waals surface area contributed by atoms with Crippen LogP contribution in [-0.2, 0) is 27.7 Å². The van der Waals surface area contributed by atoms with Crippen LogP contribution in [0.2, 0.25) is 0 Å². The Morgan fingerprint density at radius 2 is 1.96 bits per heavy atom. The Bertz CT molecular complexity index is 450. The second-order valence-corrected chi connectivity index (χ2v) is 8.13. The minimum absolute atomic E-state index is 0.0127. The lowest BCUT2D eigenvalue weighted by Crippen LogP contribution is -2.40. The second-order valence-electron chi connectivity index (χ2n) is 6.46. The Labute approximate surface area is 163 Å². The zero-order valence-electron chi connectivity index (χ0n) is 17.0. The summed E-state index contributed by atoms with van der Waals surface area (Å²) in [6.45, 7) is 10.3. The van der Waals surface area contributed by atoms with Crippen LogP contribution in [0.15, 0.2) is 12.7 Å². The number of phosphoric acid groups is 1. The first kappa shape index (κ1) is 26.2. The molecule has 0 aliphatic rings. The molecule has 0 aliphatic carbocycles. The van der Waals surface area contributed by atoms with E-state index >= 15 is 0 Å². The molecule has 0 spiro atoms. The summed E-state index contributed by atoms with van der Waals surface area (Å²) in [6.07, 6.45) is 5.98. The molecular weight excluding hydrogens is 371 g/mol. The van der Waals surface area contributed by atoms with Crippen molar-refractivity contribution in [3.63, 3.8) is 0 Å². The molecule has 0 aromatic heterocycles. The average molecular weight is 408 g/mol. The van der Waals surface area contributed by atoms with E-state index < -0.39 is 13.9 Å². The van der Waals surface area contributed by atoms with Crippen molar-refractivity contribution in [1.29, 1.82) is 0 Å². The van der Waals surface area contributed by atoms with Gasteiger partial charge in [0, 0.05) is 20.1 Å². The summed E-state index contributed by atoms with van der Waals surface area (Å²) in [5.41, 5.74) is 5.37. The summed E-state index contributed by atoms with van der Waals surface area (Å²) in [5, 5.41) is 2.72. The van der Waals surface area contributed by atoms with E-state index in [9.17, 15) is 9.36 Å². The highest BCUT2D eigenvalue weighted by atomic mass is 31.2. The van der Waals surface area contributed by atoms with Crippen molar-refractivity contribution < 1.29 is 27.7 Å². The van der Waals surface area contributed by atoms with Gasteiger partial charge >= 0.3 is 7.82 Å². The first-order valence-corrected chi connectivity index (χ1v) is 11.0. The average Bonchev–Trinajstić information content (AvgIpc) is 2.64. The number of nitrogens with one attached hydrogen (secondary N) is 1. The van der Waals surface area contributed by atoms with Gasteiger partial charge in [-0.2, -0.15) is 0 Å². The van der Waals surface area contributed by atoms with Crippen LogP contribution in [0.25, 0.3) is 0 Å². The van der Waals surface area contributed by atoms with E-state index in [1.54, 1.807) is 0 Å². The Kier molecular flexibility index (Phi) is 15.8. The van der Waals surface area contributed by atoms with E-state index in [2.05, 4.69) is 25.7 Å². The zero-order chi connectivity index (χ0) is 20.5. The molecule has 0 radical (unpaired) electrons. The van der Waals surface area contributed by atoms with Crippen molar-refractivity contribution in [3.05, 3.63) is 12.7 Å². The van der Waals surface area contributed by atoms with Crippen LogP contribution in [0.4, 0.5) is 0 Å². The number of nitrogens with two attached hydrogens (primary N) is 1. The number of rotatable bonds is 18. The van der Waals surface area contributed by atoms with E-state index in [1.165, 1.54) is 32.3 Å². The largest absolute Gasteiger partial charge is 0.475 e. The normalized spacial score (nSPS) is 15.7. The number of carbonyl (C=O) groups is 1. The van der Waals surface area contributed by atoms with Crippen LogP contribution in [0, 0.1) is 5.92 Å². The number of amides is 1. The molecule has 1 amide bonds. The van der Waals surface area contributed by atoms with Gasteiger partial charge in [-0.25, -0.2) is 4.57 Å². The molecule has 0 aromatic carbocycles. The number of carbonyl (C=O) groups excluding carboxylic acids is 1. The van der Waals surface area contributed by atoms with Gasteiger partial charge in [0.1, 0.15) is 0 Å². The van der Waals surface area contributed by atoms with Gasteiger partial charge in [-0.3, -0.25) is 18.4 Å². The zero-order valence-corrected chi connectivity index (χ0v) is 17.9. The maximum absolute atomic E-state index is 12.5. The Balaban J connectivity index is 4.46. The fourth-order valence-electron chi connectivity index (χ4n) is 2.23. The fraction of sp³-hybridized carbons (Fsp3) is 0.833. The Morgan fingerprint density at radius 1 is 1.22 bits per heavy atom. The predicted octanol–water partition coefficient (Wildman–Crippen LogP) is 3.03. The molecule has 27 heavy (non-hydrogen) atoms. The van der Waals surface area contributed by atoms with E-state index in [0.29, 0.717) is 12.5 Å². The SMILES string of the molecule is C=CCOP(=O)(OCCN)OC[C@@H](COCC[C@H](C)CCCC)NC(C)=O. The highest BCUT2D eigenvalue weighted by Crippen LogP contribution is 2.49. The lowest BCUT2D eigenvalue weighted by Gasteiger charge is -2.22. The molecule has 8 nitrogen and oxygen atoms in total. The summed E-state index contributed by atoms with van der Waals surface area (Å²) in [6, 6.07) is -0.462. The lowest BCUT2D eigenvalue weighted by atomic mass is 10.0. The summed E-state index contributed by atoms with van der Waals surface area (Å²) in [5.74, 6) is 0.367. The number of hydrogen-bond donors (Lipinski definition) is 2. The first-order valence-electron chi connectivity index (χ1n) is 9.56. The molecule has 3 atom stereocenters. The molecule has 0 heterocycles. The van der Waals surface area contributed by atoms with E-state index in [0.717, 1.165) is 6.42 Å². The summed E-state index contributed by atoms with van der Waals surface area (Å²) in [7, 11) is -3.78. The maximum Gasteiger partial charge on any atom is 0.475 e. The van der Waals surface area contributed by atoms with Gasteiger partial charge in [0.05, 0.1) is 32.5 Å². The van der Waals surface area contributed by atoms with E-state index in [4.69, 9.17) is 24.0 Å². The summed E-state index contributed by atoms with van der Waals surface area (Å²) in [4.78, 5) is 11.4. The quantitative estimate of drug-likeness (QED) is 0.204. The standard InChI is InChI=1S/C18H37N2O6P/c1-5-7-8-16(3)9-12-23-14-18(20-17(4)21)15-26-27(22,24-11-6-2)25-13-10-19/h6,16,18H,2,5,7-15,19H2,1,3-4H3,(H,20,21)/t16-,18-,27?/m1/s1. The van der Waals surface area contributed by atoms with Gasteiger partial charge in [-0.1, -0.05) is 39.2 Å². The van der Waals surface area contributed by atoms with Crippen LogP contribution in [0.1, 0.15) is 46.5 Å². The van der Waals surface area contributed by atoms with Crippen molar-refractivity contribution in [3.8, 4) is 0 Å². The minimum atomic E-state index is -3.78. The third-order valence-electron chi connectivity index (χ3n) is 3.68. The summed E-state index contributed by atoms with van der Waals surface area (Å²) < 4.78 is 33.8. The molecule has 0 saturated carbocycles. The first-order chi connectivity index (χ1) is 12.9. The smallest absolute Gasteiger partial charge is 0.379 e. The molecule has 1 unspecified atom stereocenters. The number of unbranched alkanes of at least 4 members (excludes halogenated alkanes) is 1. The molecule has 0 saturated heterocycles. The monoisotopic (exact) mass is 408 g/mol. The Hall–Kier alpha value is -0.760. The van der Waals surface area contributed by atoms with Gasteiger partial charge in [0.25, 0.3) is 0 Å². The molecule has 9 heteroatoms. The van der Waals surface area contributed by atoms with Crippen molar-refractivity contribution in [2.24, 2.45) is 11.7 Å². The molecule has 0 aliphatic heterocycles. The predicted molar refractivity (Wildman–Crippen MR) is 106 cm³/mol. The second kappa shape index (κ2) is 16.2. The van der Waals surface area contributed by atoms with Crippen LogP contribution in [-0.4, -0.2) is 51.5 Å².